The van der Waals surface area contributed by atoms with Crippen LogP contribution in [0.5, 0.6) is 0 Å². The number of carbonyl (C=O) groups excluding carboxylic acids is 2. The van der Waals surface area contributed by atoms with Gasteiger partial charge in [0.2, 0.25) is 11.8 Å². The van der Waals surface area contributed by atoms with E-state index in [0.717, 1.165) is 18.4 Å². The van der Waals surface area contributed by atoms with E-state index in [2.05, 4.69) is 5.10 Å². The summed E-state index contributed by atoms with van der Waals surface area (Å²) in [7, 11) is 1.89. The van der Waals surface area contributed by atoms with Crippen molar-refractivity contribution in [3.05, 3.63) is 18.0 Å². The molecule has 0 N–H and O–H groups in total. The molecule has 1 atom stereocenters. The summed E-state index contributed by atoms with van der Waals surface area (Å²) in [5.74, 6) is 0.367. The highest BCUT2D eigenvalue weighted by Gasteiger charge is 2.35. The van der Waals surface area contributed by atoms with Gasteiger partial charge in [0, 0.05) is 50.9 Å². The van der Waals surface area contributed by atoms with Gasteiger partial charge in [-0.25, -0.2) is 0 Å². The number of hydrogen-bond acceptors (Lipinski definition) is 3. The molecule has 3 rings (SSSR count). The second-order valence-electron chi connectivity index (χ2n) is 7.80. The van der Waals surface area contributed by atoms with Crippen LogP contribution in [0.2, 0.25) is 0 Å². The van der Waals surface area contributed by atoms with Crippen LogP contribution >= 0.6 is 0 Å². The fourth-order valence-corrected chi connectivity index (χ4v) is 4.37. The molecule has 2 amide bonds. The minimum atomic E-state index is -0.0624. The summed E-state index contributed by atoms with van der Waals surface area (Å²) in [6.45, 7) is 3.90. The van der Waals surface area contributed by atoms with Gasteiger partial charge in [-0.1, -0.05) is 25.7 Å². The lowest BCUT2D eigenvalue weighted by atomic mass is 9.93. The van der Waals surface area contributed by atoms with Gasteiger partial charge in [-0.05, 0) is 26.2 Å². The largest absolute Gasteiger partial charge is 0.339 e. The Kier molecular flexibility index (Phi) is 6.33. The van der Waals surface area contributed by atoms with E-state index < -0.39 is 0 Å². The summed E-state index contributed by atoms with van der Waals surface area (Å²) < 4.78 is 1.76. The maximum Gasteiger partial charge on any atom is 0.227 e. The van der Waals surface area contributed by atoms with Crippen LogP contribution in [-0.2, 0) is 23.2 Å². The molecule has 1 aromatic rings. The lowest BCUT2D eigenvalue weighted by molar-refractivity contribution is -0.145. The molecule has 26 heavy (non-hydrogen) atoms. The molecule has 2 fully saturated rings. The van der Waals surface area contributed by atoms with E-state index in [9.17, 15) is 9.59 Å². The van der Waals surface area contributed by atoms with E-state index in [-0.39, 0.29) is 17.7 Å². The third-order valence-electron chi connectivity index (χ3n) is 5.88. The SMILES string of the molecule is CCN(Cc1cnn(C)c1)C(=O)C1CCC(=O)N(C2CCCCCC2)C1. The molecule has 0 radical (unpaired) electrons. The molecule has 1 aliphatic carbocycles. The predicted octanol–water partition coefficient (Wildman–Crippen LogP) is 2.73. The number of rotatable bonds is 5. The molecule has 6 heteroatoms. The van der Waals surface area contributed by atoms with E-state index >= 15 is 0 Å². The maximum absolute atomic E-state index is 13.1. The lowest BCUT2D eigenvalue weighted by Gasteiger charge is -2.39. The summed E-state index contributed by atoms with van der Waals surface area (Å²) in [4.78, 5) is 29.5. The van der Waals surface area contributed by atoms with Crippen molar-refractivity contribution in [3.63, 3.8) is 0 Å². The van der Waals surface area contributed by atoms with Crippen molar-refractivity contribution in [2.45, 2.75) is 70.9 Å². The molecular weight excluding hydrogens is 328 g/mol. The Morgan fingerprint density at radius 3 is 2.58 bits per heavy atom. The standard InChI is InChI=1S/C20H32N4O2/c1-3-23(14-16-12-21-22(2)13-16)20(26)17-10-11-19(25)24(15-17)18-8-6-4-5-7-9-18/h12-13,17-18H,3-11,14-15H2,1-2H3. The minimum absolute atomic E-state index is 0.0624. The second kappa shape index (κ2) is 8.69. The molecule has 144 valence electrons. The molecule has 0 bridgehead atoms. The van der Waals surface area contributed by atoms with Crippen molar-refractivity contribution in [1.29, 1.82) is 0 Å². The van der Waals surface area contributed by atoms with Crippen LogP contribution in [0.3, 0.4) is 0 Å². The van der Waals surface area contributed by atoms with Gasteiger partial charge in [-0.3, -0.25) is 14.3 Å². The molecule has 1 aromatic heterocycles. The van der Waals surface area contributed by atoms with Crippen molar-refractivity contribution in [1.82, 2.24) is 19.6 Å². The van der Waals surface area contributed by atoms with Crippen molar-refractivity contribution in [2.75, 3.05) is 13.1 Å². The first kappa shape index (κ1) is 18.9. The fourth-order valence-electron chi connectivity index (χ4n) is 4.37. The molecule has 1 aliphatic heterocycles. The molecule has 6 nitrogen and oxygen atoms in total. The number of nitrogens with zero attached hydrogens (tertiary/aromatic N) is 4. The number of aryl methyl sites for hydroxylation is 1. The fraction of sp³-hybridized carbons (Fsp3) is 0.750. The zero-order chi connectivity index (χ0) is 18.5. The first-order chi connectivity index (χ1) is 12.6. The van der Waals surface area contributed by atoms with Gasteiger partial charge < -0.3 is 9.80 Å². The van der Waals surface area contributed by atoms with E-state index in [0.29, 0.717) is 38.5 Å². The van der Waals surface area contributed by atoms with Crippen LogP contribution in [0.15, 0.2) is 12.4 Å². The Labute approximate surface area is 156 Å². The Morgan fingerprint density at radius 2 is 1.96 bits per heavy atom. The van der Waals surface area contributed by atoms with Gasteiger partial charge in [0.25, 0.3) is 0 Å². The van der Waals surface area contributed by atoms with Crippen molar-refractivity contribution < 1.29 is 9.59 Å². The molecule has 0 spiro atoms. The molecule has 1 unspecified atom stereocenters. The number of hydrogen-bond donors (Lipinski definition) is 0. The summed E-state index contributed by atoms with van der Waals surface area (Å²) >= 11 is 0. The Bertz CT molecular complexity index is 619. The Hall–Kier alpha value is -1.85. The first-order valence-electron chi connectivity index (χ1n) is 10.1. The zero-order valence-corrected chi connectivity index (χ0v) is 16.2. The van der Waals surface area contributed by atoms with Gasteiger partial charge in [-0.2, -0.15) is 5.10 Å². The molecule has 0 aromatic carbocycles. The molecule has 1 saturated heterocycles. The van der Waals surface area contributed by atoms with Crippen LogP contribution in [0.1, 0.15) is 63.9 Å². The van der Waals surface area contributed by atoms with Crippen molar-refractivity contribution in [2.24, 2.45) is 13.0 Å². The lowest BCUT2D eigenvalue weighted by Crippen LogP contribution is -2.50. The smallest absolute Gasteiger partial charge is 0.227 e. The number of amides is 2. The van der Waals surface area contributed by atoms with Crippen LogP contribution in [0, 0.1) is 5.92 Å². The van der Waals surface area contributed by atoms with Crippen molar-refractivity contribution in [3.8, 4) is 0 Å². The average Bonchev–Trinajstić information content (AvgIpc) is 2.88. The van der Waals surface area contributed by atoms with E-state index in [1.807, 2.05) is 36.2 Å². The number of carbonyl (C=O) groups is 2. The van der Waals surface area contributed by atoms with Crippen molar-refractivity contribution >= 4 is 11.8 Å². The summed E-state index contributed by atoms with van der Waals surface area (Å²) in [5.41, 5.74) is 1.05. The van der Waals surface area contributed by atoms with E-state index in [1.54, 1.807) is 4.68 Å². The first-order valence-corrected chi connectivity index (χ1v) is 10.1. The van der Waals surface area contributed by atoms with Gasteiger partial charge >= 0.3 is 0 Å². The highest BCUT2D eigenvalue weighted by Crippen LogP contribution is 2.28. The molecule has 1 saturated carbocycles. The summed E-state index contributed by atoms with van der Waals surface area (Å²) in [5, 5.41) is 4.19. The Balaban J connectivity index is 1.64. The quantitative estimate of drug-likeness (QED) is 0.759. The molecular formula is C20H32N4O2. The van der Waals surface area contributed by atoms with Crippen LogP contribution in [0.4, 0.5) is 0 Å². The molecule has 2 heterocycles. The van der Waals surface area contributed by atoms with E-state index in [1.165, 1.54) is 25.7 Å². The topological polar surface area (TPSA) is 58.4 Å². The summed E-state index contributed by atoms with van der Waals surface area (Å²) in [6.07, 6.45) is 12.1. The number of aromatic nitrogens is 2. The van der Waals surface area contributed by atoms with Gasteiger partial charge in [0.15, 0.2) is 0 Å². The van der Waals surface area contributed by atoms with E-state index in [4.69, 9.17) is 0 Å². The highest BCUT2D eigenvalue weighted by atomic mass is 16.2. The minimum Gasteiger partial charge on any atom is -0.339 e. The molecule has 2 aliphatic rings. The number of likely N-dealkylation sites (tertiary alicyclic amines) is 1. The Morgan fingerprint density at radius 1 is 1.23 bits per heavy atom. The zero-order valence-electron chi connectivity index (χ0n) is 16.2. The second-order valence-corrected chi connectivity index (χ2v) is 7.80. The van der Waals surface area contributed by atoms with Gasteiger partial charge in [-0.15, -0.1) is 0 Å². The highest BCUT2D eigenvalue weighted by molar-refractivity contribution is 5.84. The van der Waals surface area contributed by atoms with Crippen LogP contribution in [-0.4, -0.2) is 50.5 Å². The third kappa shape index (κ3) is 4.46. The predicted molar refractivity (Wildman–Crippen MR) is 100 cm³/mol. The normalized spacial score (nSPS) is 22.3. The average molecular weight is 361 g/mol. The van der Waals surface area contributed by atoms with Crippen LogP contribution < -0.4 is 0 Å². The summed E-state index contributed by atoms with van der Waals surface area (Å²) in [6, 6.07) is 0.342. The monoisotopic (exact) mass is 360 g/mol. The third-order valence-corrected chi connectivity index (χ3v) is 5.88. The van der Waals surface area contributed by atoms with Gasteiger partial charge in [0.05, 0.1) is 12.1 Å². The number of piperidine rings is 1. The van der Waals surface area contributed by atoms with Crippen LogP contribution in [0.25, 0.3) is 0 Å². The maximum atomic E-state index is 13.1. The van der Waals surface area contributed by atoms with Gasteiger partial charge in [0.1, 0.15) is 0 Å².